The molecule has 0 unspecified atom stereocenters. The van der Waals surface area contributed by atoms with E-state index in [4.69, 9.17) is 15.2 Å². The fourth-order valence-electron chi connectivity index (χ4n) is 1.94. The number of benzene rings is 2. The van der Waals surface area contributed by atoms with Gasteiger partial charge in [0, 0.05) is 12.1 Å². The topological polar surface area (TPSA) is 56.5 Å². The summed E-state index contributed by atoms with van der Waals surface area (Å²) < 4.78 is 24.5. The third-order valence-electron chi connectivity index (χ3n) is 2.86. The Bertz CT molecular complexity index is 617. The molecule has 0 aliphatic rings. The summed E-state index contributed by atoms with van der Waals surface area (Å²) in [6.45, 7) is 4.65. The molecule has 112 valence electrons. The van der Waals surface area contributed by atoms with E-state index in [1.807, 2.05) is 31.2 Å². The average Bonchev–Trinajstić information content (AvgIpc) is 2.46. The van der Waals surface area contributed by atoms with Crippen molar-refractivity contribution in [2.24, 2.45) is 0 Å². The Morgan fingerprint density at radius 1 is 1.00 bits per heavy atom. The number of para-hydroxylation sites is 2. The first-order chi connectivity index (χ1) is 10.2. The molecular weight excluding hydrogens is 271 g/mol. The highest BCUT2D eigenvalue weighted by atomic mass is 19.1. The molecular formula is C16H19FN2O2. The van der Waals surface area contributed by atoms with Gasteiger partial charge in [-0.2, -0.15) is 0 Å². The van der Waals surface area contributed by atoms with Crippen LogP contribution in [0.2, 0.25) is 0 Å². The molecule has 3 N–H and O–H groups in total. The zero-order valence-corrected chi connectivity index (χ0v) is 12.2. The van der Waals surface area contributed by atoms with Crippen molar-refractivity contribution in [3.8, 4) is 11.5 Å². The van der Waals surface area contributed by atoms with Gasteiger partial charge in [-0.25, -0.2) is 4.39 Å². The molecule has 0 saturated heterocycles. The highest BCUT2D eigenvalue weighted by Gasteiger charge is 2.11. The van der Waals surface area contributed by atoms with E-state index in [2.05, 4.69) is 5.32 Å². The predicted molar refractivity (Wildman–Crippen MR) is 82.9 cm³/mol. The summed E-state index contributed by atoms with van der Waals surface area (Å²) >= 11 is 0. The van der Waals surface area contributed by atoms with Crippen LogP contribution in [0.25, 0.3) is 0 Å². The molecule has 0 bridgehead atoms. The second kappa shape index (κ2) is 6.83. The van der Waals surface area contributed by atoms with Crippen molar-refractivity contribution >= 4 is 17.1 Å². The number of nitrogens with one attached hydrogen (secondary N) is 1. The van der Waals surface area contributed by atoms with Gasteiger partial charge in [0.05, 0.1) is 30.3 Å². The molecule has 0 saturated carbocycles. The predicted octanol–water partition coefficient (Wildman–Crippen LogP) is 3.95. The molecule has 0 fully saturated rings. The molecule has 0 aliphatic carbocycles. The summed E-state index contributed by atoms with van der Waals surface area (Å²) in [6.07, 6.45) is 0. The van der Waals surface area contributed by atoms with Crippen molar-refractivity contribution in [1.29, 1.82) is 0 Å². The van der Waals surface area contributed by atoms with E-state index >= 15 is 0 Å². The monoisotopic (exact) mass is 290 g/mol. The molecule has 0 spiro atoms. The van der Waals surface area contributed by atoms with Crippen LogP contribution in [0, 0.1) is 5.82 Å². The zero-order valence-electron chi connectivity index (χ0n) is 12.2. The van der Waals surface area contributed by atoms with Crippen molar-refractivity contribution in [2.45, 2.75) is 13.8 Å². The highest BCUT2D eigenvalue weighted by Crippen LogP contribution is 2.33. The Morgan fingerprint density at radius 2 is 1.67 bits per heavy atom. The van der Waals surface area contributed by atoms with E-state index < -0.39 is 5.82 Å². The van der Waals surface area contributed by atoms with Crippen LogP contribution in [0.4, 0.5) is 21.5 Å². The number of hydrogen-bond acceptors (Lipinski definition) is 4. The molecule has 2 aromatic carbocycles. The Labute approximate surface area is 123 Å². The van der Waals surface area contributed by atoms with Gasteiger partial charge in [-0.3, -0.25) is 0 Å². The lowest BCUT2D eigenvalue weighted by molar-refractivity contribution is 0.322. The van der Waals surface area contributed by atoms with Crippen LogP contribution in [-0.4, -0.2) is 13.2 Å². The van der Waals surface area contributed by atoms with Crippen LogP contribution in [0.15, 0.2) is 36.4 Å². The van der Waals surface area contributed by atoms with Gasteiger partial charge in [-0.15, -0.1) is 0 Å². The van der Waals surface area contributed by atoms with Crippen LogP contribution in [0.1, 0.15) is 13.8 Å². The maximum atomic E-state index is 13.7. The summed E-state index contributed by atoms with van der Waals surface area (Å²) in [4.78, 5) is 0. The fraction of sp³-hybridized carbons (Fsp3) is 0.250. The minimum Gasteiger partial charge on any atom is -0.492 e. The van der Waals surface area contributed by atoms with E-state index in [-0.39, 0.29) is 5.75 Å². The van der Waals surface area contributed by atoms with Crippen molar-refractivity contribution < 1.29 is 13.9 Å². The number of ether oxygens (including phenoxy) is 2. The van der Waals surface area contributed by atoms with Gasteiger partial charge in [-0.05, 0) is 26.0 Å². The Hall–Kier alpha value is -2.43. The lowest BCUT2D eigenvalue weighted by atomic mass is 10.2. The van der Waals surface area contributed by atoms with Crippen molar-refractivity contribution in [3.05, 3.63) is 42.2 Å². The second-order valence-corrected chi connectivity index (χ2v) is 4.36. The third-order valence-corrected chi connectivity index (χ3v) is 2.86. The molecule has 0 aliphatic heterocycles. The van der Waals surface area contributed by atoms with E-state index in [0.29, 0.717) is 30.3 Å². The van der Waals surface area contributed by atoms with Gasteiger partial charge in [0.1, 0.15) is 5.75 Å². The van der Waals surface area contributed by atoms with Crippen LogP contribution in [-0.2, 0) is 0 Å². The molecule has 2 aromatic rings. The summed E-state index contributed by atoms with van der Waals surface area (Å²) in [5, 5.41) is 3.15. The minimum absolute atomic E-state index is 0.170. The largest absolute Gasteiger partial charge is 0.492 e. The lowest BCUT2D eigenvalue weighted by Crippen LogP contribution is -2.02. The minimum atomic E-state index is -0.474. The van der Waals surface area contributed by atoms with Crippen LogP contribution in [0.3, 0.4) is 0 Å². The summed E-state index contributed by atoms with van der Waals surface area (Å²) in [6, 6.07) is 10.3. The quantitative estimate of drug-likeness (QED) is 0.791. The summed E-state index contributed by atoms with van der Waals surface area (Å²) in [5.74, 6) is 0.405. The Balaban J connectivity index is 2.33. The van der Waals surface area contributed by atoms with Gasteiger partial charge in [-0.1, -0.05) is 12.1 Å². The normalized spacial score (nSPS) is 10.2. The number of rotatable bonds is 6. The van der Waals surface area contributed by atoms with E-state index in [1.54, 1.807) is 13.0 Å². The van der Waals surface area contributed by atoms with Gasteiger partial charge in [0.15, 0.2) is 11.6 Å². The molecule has 2 rings (SSSR count). The molecule has 0 radical (unpaired) electrons. The first-order valence-corrected chi connectivity index (χ1v) is 6.86. The molecule has 21 heavy (non-hydrogen) atoms. The van der Waals surface area contributed by atoms with Crippen molar-refractivity contribution in [3.63, 3.8) is 0 Å². The van der Waals surface area contributed by atoms with Crippen molar-refractivity contribution in [1.82, 2.24) is 0 Å². The number of hydrogen-bond donors (Lipinski definition) is 2. The van der Waals surface area contributed by atoms with Gasteiger partial charge in [0.2, 0.25) is 0 Å². The van der Waals surface area contributed by atoms with E-state index in [1.165, 1.54) is 6.07 Å². The van der Waals surface area contributed by atoms with Gasteiger partial charge < -0.3 is 20.5 Å². The Morgan fingerprint density at radius 3 is 2.38 bits per heavy atom. The first-order valence-electron chi connectivity index (χ1n) is 6.86. The fourth-order valence-corrected chi connectivity index (χ4v) is 1.94. The SMILES string of the molecule is CCOc1cc(Nc2ccccc2OCC)c(N)cc1F. The average molecular weight is 290 g/mol. The second-order valence-electron chi connectivity index (χ2n) is 4.36. The summed E-state index contributed by atoms with van der Waals surface area (Å²) in [5.41, 5.74) is 7.51. The molecule has 4 nitrogen and oxygen atoms in total. The van der Waals surface area contributed by atoms with E-state index in [9.17, 15) is 4.39 Å². The zero-order chi connectivity index (χ0) is 15.2. The molecule has 0 aromatic heterocycles. The molecule has 0 amide bonds. The van der Waals surface area contributed by atoms with Crippen molar-refractivity contribution in [2.75, 3.05) is 24.3 Å². The van der Waals surface area contributed by atoms with Crippen LogP contribution < -0.4 is 20.5 Å². The lowest BCUT2D eigenvalue weighted by Gasteiger charge is -2.15. The number of anilines is 3. The standard InChI is InChI=1S/C16H19FN2O2/c1-3-20-15-8-6-5-7-13(15)19-14-10-16(21-4-2)11(17)9-12(14)18/h5-10,19H,3-4,18H2,1-2H3. The Kier molecular flexibility index (Phi) is 4.87. The maximum Gasteiger partial charge on any atom is 0.167 e. The van der Waals surface area contributed by atoms with Gasteiger partial charge >= 0.3 is 0 Å². The van der Waals surface area contributed by atoms with Crippen LogP contribution in [0.5, 0.6) is 11.5 Å². The number of halogens is 1. The van der Waals surface area contributed by atoms with E-state index in [0.717, 1.165) is 5.69 Å². The maximum absolute atomic E-state index is 13.7. The number of nitrogens with two attached hydrogens (primary N) is 1. The first kappa shape index (κ1) is 15.0. The summed E-state index contributed by atoms with van der Waals surface area (Å²) in [7, 11) is 0. The third kappa shape index (κ3) is 3.56. The molecule has 5 heteroatoms. The number of nitrogen functional groups attached to an aromatic ring is 1. The van der Waals surface area contributed by atoms with Gasteiger partial charge in [0.25, 0.3) is 0 Å². The van der Waals surface area contributed by atoms with Crippen LogP contribution >= 0.6 is 0 Å². The molecule has 0 atom stereocenters. The highest BCUT2D eigenvalue weighted by molar-refractivity contribution is 5.76. The molecule has 0 heterocycles. The smallest absolute Gasteiger partial charge is 0.167 e.